The van der Waals surface area contributed by atoms with Gasteiger partial charge in [0.2, 0.25) is 5.91 Å². The number of aryl methyl sites for hydroxylation is 1. The van der Waals surface area contributed by atoms with Crippen LogP contribution in [0.5, 0.6) is 0 Å². The Kier molecular flexibility index (Phi) is 5.36. The third-order valence-electron chi connectivity index (χ3n) is 4.10. The number of nitrogens with zero attached hydrogens (tertiary/aromatic N) is 2. The van der Waals surface area contributed by atoms with Gasteiger partial charge < -0.3 is 10.6 Å². The Hall–Kier alpha value is -3.00. The van der Waals surface area contributed by atoms with E-state index in [4.69, 9.17) is 0 Å². The van der Waals surface area contributed by atoms with E-state index in [1.54, 1.807) is 43.3 Å². The van der Waals surface area contributed by atoms with Crippen LogP contribution >= 0.6 is 15.9 Å². The molecule has 0 saturated heterocycles. The molecule has 2 N–H and O–H groups in total. The topological polar surface area (TPSA) is 93.1 Å². The predicted octanol–water partition coefficient (Wildman–Crippen LogP) is 2.47. The molecule has 2 amide bonds. The summed E-state index contributed by atoms with van der Waals surface area (Å²) in [4.78, 5) is 41.4. The number of carbonyl (C=O) groups is 2. The molecule has 0 aliphatic heterocycles. The molecule has 1 aromatic heterocycles. The van der Waals surface area contributed by atoms with E-state index >= 15 is 0 Å². The second-order valence-corrected chi connectivity index (χ2v) is 6.88. The highest BCUT2D eigenvalue weighted by Crippen LogP contribution is 2.19. The lowest BCUT2D eigenvalue weighted by Crippen LogP contribution is -2.29. The van der Waals surface area contributed by atoms with E-state index in [1.165, 1.54) is 17.9 Å². The quantitative estimate of drug-likeness (QED) is 0.667. The SMILES string of the molecule is CNC(=O)c1c(C)cccc1NC(=O)Cn1cnc2ccc(Br)cc2c1=O. The molecule has 0 aliphatic carbocycles. The monoisotopic (exact) mass is 428 g/mol. The fourth-order valence-electron chi connectivity index (χ4n) is 2.79. The first kappa shape index (κ1) is 18.8. The highest BCUT2D eigenvalue weighted by molar-refractivity contribution is 9.10. The van der Waals surface area contributed by atoms with Gasteiger partial charge in [0.1, 0.15) is 6.54 Å². The van der Waals surface area contributed by atoms with Crippen LogP contribution in [0.4, 0.5) is 5.69 Å². The number of rotatable bonds is 4. The van der Waals surface area contributed by atoms with Gasteiger partial charge in [-0.2, -0.15) is 0 Å². The van der Waals surface area contributed by atoms with Gasteiger partial charge in [-0.25, -0.2) is 4.98 Å². The van der Waals surface area contributed by atoms with E-state index in [0.29, 0.717) is 22.2 Å². The smallest absolute Gasteiger partial charge is 0.261 e. The Balaban J connectivity index is 1.88. The predicted molar refractivity (Wildman–Crippen MR) is 107 cm³/mol. The first-order valence-electron chi connectivity index (χ1n) is 8.17. The minimum Gasteiger partial charge on any atom is -0.355 e. The Morgan fingerprint density at radius 2 is 2.00 bits per heavy atom. The molecule has 0 aliphatic rings. The number of amides is 2. The van der Waals surface area contributed by atoms with Gasteiger partial charge >= 0.3 is 0 Å². The summed E-state index contributed by atoms with van der Waals surface area (Å²) in [5.41, 5.74) is 1.76. The van der Waals surface area contributed by atoms with E-state index in [1.807, 2.05) is 0 Å². The van der Waals surface area contributed by atoms with Gasteiger partial charge in [0.15, 0.2) is 0 Å². The number of nitrogens with one attached hydrogen (secondary N) is 2. The Bertz CT molecular complexity index is 1110. The molecule has 138 valence electrons. The zero-order valence-corrected chi connectivity index (χ0v) is 16.3. The average molecular weight is 429 g/mol. The molecule has 1 heterocycles. The lowest BCUT2D eigenvalue weighted by Gasteiger charge is -2.13. The third-order valence-corrected chi connectivity index (χ3v) is 4.59. The molecule has 0 atom stereocenters. The highest BCUT2D eigenvalue weighted by atomic mass is 79.9. The number of fused-ring (bicyclic) bond motifs is 1. The van der Waals surface area contributed by atoms with Gasteiger partial charge in [-0.1, -0.05) is 28.1 Å². The van der Waals surface area contributed by atoms with Crippen LogP contribution in [-0.4, -0.2) is 28.4 Å². The molecule has 0 radical (unpaired) electrons. The summed E-state index contributed by atoms with van der Waals surface area (Å²) in [6.07, 6.45) is 1.34. The maximum absolute atomic E-state index is 12.6. The lowest BCUT2D eigenvalue weighted by molar-refractivity contribution is -0.116. The van der Waals surface area contributed by atoms with Crippen LogP contribution in [0.2, 0.25) is 0 Å². The minimum atomic E-state index is -0.427. The van der Waals surface area contributed by atoms with E-state index in [0.717, 1.165) is 10.0 Å². The van der Waals surface area contributed by atoms with Crippen molar-refractivity contribution in [3.8, 4) is 0 Å². The van der Waals surface area contributed by atoms with Crippen molar-refractivity contribution in [3.63, 3.8) is 0 Å². The molecule has 3 rings (SSSR count). The molecule has 3 aromatic rings. The molecule has 0 fully saturated rings. The third kappa shape index (κ3) is 3.90. The van der Waals surface area contributed by atoms with Gasteiger partial charge in [-0.15, -0.1) is 0 Å². The van der Waals surface area contributed by atoms with Crippen LogP contribution in [0.1, 0.15) is 15.9 Å². The average Bonchev–Trinajstić information content (AvgIpc) is 2.64. The van der Waals surface area contributed by atoms with E-state index in [-0.39, 0.29) is 18.0 Å². The molecule has 0 unspecified atom stereocenters. The normalized spacial score (nSPS) is 10.6. The van der Waals surface area contributed by atoms with Crippen LogP contribution in [-0.2, 0) is 11.3 Å². The first-order chi connectivity index (χ1) is 12.9. The van der Waals surface area contributed by atoms with E-state index < -0.39 is 5.91 Å². The van der Waals surface area contributed by atoms with Crippen molar-refractivity contribution in [2.45, 2.75) is 13.5 Å². The molecule has 0 bridgehead atoms. The molecule has 0 saturated carbocycles. The summed E-state index contributed by atoms with van der Waals surface area (Å²) in [5, 5.41) is 5.68. The van der Waals surface area contributed by atoms with Gasteiger partial charge in [0.25, 0.3) is 11.5 Å². The van der Waals surface area contributed by atoms with Crippen molar-refractivity contribution in [1.29, 1.82) is 0 Å². The fourth-order valence-corrected chi connectivity index (χ4v) is 3.15. The Morgan fingerprint density at radius 1 is 1.22 bits per heavy atom. The van der Waals surface area contributed by atoms with Gasteiger partial charge in [-0.3, -0.25) is 19.0 Å². The van der Waals surface area contributed by atoms with E-state index in [2.05, 4.69) is 31.5 Å². The zero-order valence-electron chi connectivity index (χ0n) is 14.7. The number of aromatic nitrogens is 2. The summed E-state index contributed by atoms with van der Waals surface area (Å²) < 4.78 is 1.99. The summed E-state index contributed by atoms with van der Waals surface area (Å²) in [6, 6.07) is 10.4. The molecule has 7 nitrogen and oxygen atoms in total. The van der Waals surface area contributed by atoms with Crippen molar-refractivity contribution < 1.29 is 9.59 Å². The molecule has 0 spiro atoms. The summed E-state index contributed by atoms with van der Waals surface area (Å²) in [6.45, 7) is 1.57. The maximum Gasteiger partial charge on any atom is 0.261 e. The molecular formula is C19H17BrN4O3. The number of hydrogen-bond donors (Lipinski definition) is 2. The number of halogens is 1. The number of hydrogen-bond acceptors (Lipinski definition) is 4. The standard InChI is InChI=1S/C19H17BrN4O3/c1-11-4-3-5-15(17(11)18(26)21-2)23-16(25)9-24-10-22-14-7-6-12(20)8-13(14)19(24)27/h3-8,10H,9H2,1-2H3,(H,21,26)(H,23,25). The van der Waals surface area contributed by atoms with Gasteiger partial charge in [-0.05, 0) is 36.8 Å². The van der Waals surface area contributed by atoms with Gasteiger partial charge in [0.05, 0.1) is 28.5 Å². The molecule has 8 heteroatoms. The summed E-state index contributed by atoms with van der Waals surface area (Å²) in [7, 11) is 1.53. The second-order valence-electron chi connectivity index (χ2n) is 5.96. The Labute approximate surface area is 163 Å². The van der Waals surface area contributed by atoms with Crippen LogP contribution in [0, 0.1) is 6.92 Å². The maximum atomic E-state index is 12.6. The second kappa shape index (κ2) is 7.71. The fraction of sp³-hybridized carbons (Fsp3) is 0.158. The largest absolute Gasteiger partial charge is 0.355 e. The van der Waals surface area contributed by atoms with Crippen LogP contribution in [0.3, 0.4) is 0 Å². The molecule has 2 aromatic carbocycles. The van der Waals surface area contributed by atoms with Crippen molar-refractivity contribution in [2.24, 2.45) is 0 Å². The lowest BCUT2D eigenvalue weighted by atomic mass is 10.1. The van der Waals surface area contributed by atoms with Crippen molar-refractivity contribution in [1.82, 2.24) is 14.9 Å². The summed E-state index contributed by atoms with van der Waals surface area (Å²) >= 11 is 3.33. The number of carbonyl (C=O) groups excluding carboxylic acids is 2. The number of benzene rings is 2. The molecule has 27 heavy (non-hydrogen) atoms. The van der Waals surface area contributed by atoms with Crippen molar-refractivity contribution in [2.75, 3.05) is 12.4 Å². The van der Waals surface area contributed by atoms with Crippen LogP contribution < -0.4 is 16.2 Å². The van der Waals surface area contributed by atoms with Crippen molar-refractivity contribution >= 4 is 44.3 Å². The number of anilines is 1. The molecular weight excluding hydrogens is 412 g/mol. The highest BCUT2D eigenvalue weighted by Gasteiger charge is 2.15. The van der Waals surface area contributed by atoms with Crippen LogP contribution in [0.25, 0.3) is 10.9 Å². The summed E-state index contributed by atoms with van der Waals surface area (Å²) in [5.74, 6) is -0.721. The van der Waals surface area contributed by atoms with Crippen LogP contribution in [0.15, 0.2) is 52.0 Å². The van der Waals surface area contributed by atoms with E-state index in [9.17, 15) is 14.4 Å². The van der Waals surface area contributed by atoms with Crippen molar-refractivity contribution in [3.05, 3.63) is 68.7 Å². The minimum absolute atomic E-state index is 0.213. The zero-order chi connectivity index (χ0) is 19.6. The van der Waals surface area contributed by atoms with Gasteiger partial charge in [0, 0.05) is 11.5 Å². The Morgan fingerprint density at radius 3 is 2.74 bits per heavy atom. The first-order valence-corrected chi connectivity index (χ1v) is 8.96.